The molecule has 1 fully saturated rings. The standard InChI is InChI=1S/C10H17NO2/c1-8(2)11-7-3-4-9(11)5-6-10(12)13/h5-6,8-9H,3-4,7H2,1-2H3,(H,12,13)/b6-5-. The van der Waals surface area contributed by atoms with E-state index in [-0.39, 0.29) is 0 Å². The molecule has 13 heavy (non-hydrogen) atoms. The molecule has 0 spiro atoms. The second kappa shape index (κ2) is 4.42. The van der Waals surface area contributed by atoms with Crippen molar-refractivity contribution in [3.63, 3.8) is 0 Å². The van der Waals surface area contributed by atoms with Gasteiger partial charge in [0.1, 0.15) is 0 Å². The normalized spacial score (nSPS) is 24.7. The van der Waals surface area contributed by atoms with E-state index in [0.717, 1.165) is 13.0 Å². The summed E-state index contributed by atoms with van der Waals surface area (Å²) < 4.78 is 0. The van der Waals surface area contributed by atoms with Gasteiger partial charge in [-0.1, -0.05) is 6.08 Å². The Hall–Kier alpha value is -0.830. The first-order valence-electron chi connectivity index (χ1n) is 4.78. The second-order valence-electron chi connectivity index (χ2n) is 3.74. The van der Waals surface area contributed by atoms with Crippen molar-refractivity contribution in [3.8, 4) is 0 Å². The van der Waals surface area contributed by atoms with Gasteiger partial charge in [0.05, 0.1) is 0 Å². The summed E-state index contributed by atoms with van der Waals surface area (Å²) in [6.45, 7) is 5.38. The number of rotatable bonds is 3. The minimum Gasteiger partial charge on any atom is -0.478 e. The molecule has 0 aliphatic carbocycles. The van der Waals surface area contributed by atoms with E-state index in [2.05, 4.69) is 18.7 Å². The lowest BCUT2D eigenvalue weighted by Crippen LogP contribution is -2.34. The van der Waals surface area contributed by atoms with Crippen LogP contribution in [-0.4, -0.2) is 34.6 Å². The lowest BCUT2D eigenvalue weighted by atomic mass is 10.2. The van der Waals surface area contributed by atoms with Crippen LogP contribution in [0.15, 0.2) is 12.2 Å². The molecule has 3 nitrogen and oxygen atoms in total. The third-order valence-corrected chi connectivity index (χ3v) is 2.47. The highest BCUT2D eigenvalue weighted by molar-refractivity contribution is 5.79. The summed E-state index contributed by atoms with van der Waals surface area (Å²) in [4.78, 5) is 12.7. The van der Waals surface area contributed by atoms with E-state index < -0.39 is 5.97 Å². The van der Waals surface area contributed by atoms with Crippen LogP contribution in [0.1, 0.15) is 26.7 Å². The summed E-state index contributed by atoms with van der Waals surface area (Å²) in [5.41, 5.74) is 0. The van der Waals surface area contributed by atoms with Crippen molar-refractivity contribution in [1.82, 2.24) is 4.90 Å². The van der Waals surface area contributed by atoms with E-state index in [1.54, 1.807) is 6.08 Å². The average Bonchev–Trinajstić information content (AvgIpc) is 2.47. The molecule has 1 aliphatic heterocycles. The smallest absolute Gasteiger partial charge is 0.328 e. The van der Waals surface area contributed by atoms with Gasteiger partial charge in [0.25, 0.3) is 0 Å². The van der Waals surface area contributed by atoms with E-state index in [0.29, 0.717) is 12.1 Å². The van der Waals surface area contributed by atoms with Crippen LogP contribution in [0, 0.1) is 0 Å². The van der Waals surface area contributed by atoms with Gasteiger partial charge in [-0.3, -0.25) is 4.90 Å². The van der Waals surface area contributed by atoms with Crippen LogP contribution in [-0.2, 0) is 4.79 Å². The predicted octanol–water partition coefficient (Wildman–Crippen LogP) is 1.50. The monoisotopic (exact) mass is 183 g/mol. The highest BCUT2D eigenvalue weighted by Crippen LogP contribution is 2.20. The molecule has 0 bridgehead atoms. The quantitative estimate of drug-likeness (QED) is 0.674. The van der Waals surface area contributed by atoms with Crippen molar-refractivity contribution >= 4 is 5.97 Å². The molecule has 74 valence electrons. The molecule has 1 aliphatic rings. The van der Waals surface area contributed by atoms with Gasteiger partial charge >= 0.3 is 5.97 Å². The number of carboxylic acid groups (broad SMARTS) is 1. The van der Waals surface area contributed by atoms with Crippen molar-refractivity contribution in [3.05, 3.63) is 12.2 Å². The zero-order valence-corrected chi connectivity index (χ0v) is 8.23. The van der Waals surface area contributed by atoms with Crippen LogP contribution >= 0.6 is 0 Å². The lowest BCUT2D eigenvalue weighted by Gasteiger charge is -2.25. The minimum atomic E-state index is -0.851. The molecule has 1 heterocycles. The second-order valence-corrected chi connectivity index (χ2v) is 3.74. The Morgan fingerprint density at radius 3 is 2.85 bits per heavy atom. The van der Waals surface area contributed by atoms with Crippen molar-refractivity contribution in [2.24, 2.45) is 0 Å². The number of nitrogens with zero attached hydrogens (tertiary/aromatic N) is 1. The maximum absolute atomic E-state index is 10.3. The lowest BCUT2D eigenvalue weighted by molar-refractivity contribution is -0.131. The number of likely N-dealkylation sites (tertiary alicyclic amines) is 1. The van der Waals surface area contributed by atoms with E-state index in [9.17, 15) is 4.79 Å². The van der Waals surface area contributed by atoms with Crippen LogP contribution in [0.5, 0.6) is 0 Å². The molecule has 1 saturated heterocycles. The molecule has 0 saturated carbocycles. The molecule has 0 aromatic carbocycles. The molecule has 0 aromatic rings. The van der Waals surface area contributed by atoms with E-state index in [1.165, 1.54) is 12.5 Å². The van der Waals surface area contributed by atoms with Gasteiger partial charge in [0.2, 0.25) is 0 Å². The van der Waals surface area contributed by atoms with Gasteiger partial charge in [-0.25, -0.2) is 4.79 Å². The third kappa shape index (κ3) is 2.84. The van der Waals surface area contributed by atoms with Crippen LogP contribution in [0.2, 0.25) is 0 Å². The van der Waals surface area contributed by atoms with Crippen molar-refractivity contribution in [2.75, 3.05) is 6.54 Å². The minimum absolute atomic E-state index is 0.330. The average molecular weight is 183 g/mol. The molecule has 1 atom stereocenters. The van der Waals surface area contributed by atoms with Crippen LogP contribution < -0.4 is 0 Å². The fraction of sp³-hybridized carbons (Fsp3) is 0.700. The molecule has 0 amide bonds. The fourth-order valence-corrected chi connectivity index (χ4v) is 1.86. The van der Waals surface area contributed by atoms with E-state index in [4.69, 9.17) is 5.11 Å². The number of hydrogen-bond donors (Lipinski definition) is 1. The molecule has 0 radical (unpaired) electrons. The number of carboxylic acids is 1. The van der Waals surface area contributed by atoms with E-state index in [1.807, 2.05) is 0 Å². The van der Waals surface area contributed by atoms with Gasteiger partial charge in [-0.05, 0) is 33.2 Å². The predicted molar refractivity (Wildman–Crippen MR) is 51.6 cm³/mol. The van der Waals surface area contributed by atoms with Crippen LogP contribution in [0.25, 0.3) is 0 Å². The molecule has 3 heteroatoms. The molecule has 1 N–H and O–H groups in total. The van der Waals surface area contributed by atoms with Gasteiger partial charge in [-0.15, -0.1) is 0 Å². The zero-order valence-electron chi connectivity index (χ0n) is 8.23. The topological polar surface area (TPSA) is 40.5 Å². The van der Waals surface area contributed by atoms with Gasteiger partial charge in [-0.2, -0.15) is 0 Å². The fourth-order valence-electron chi connectivity index (χ4n) is 1.86. The maximum Gasteiger partial charge on any atom is 0.328 e. The third-order valence-electron chi connectivity index (χ3n) is 2.47. The summed E-state index contributed by atoms with van der Waals surface area (Å²) in [6, 6.07) is 0.835. The number of carbonyl (C=O) groups is 1. The van der Waals surface area contributed by atoms with E-state index >= 15 is 0 Å². The number of hydrogen-bond acceptors (Lipinski definition) is 2. The highest BCUT2D eigenvalue weighted by Gasteiger charge is 2.24. The summed E-state index contributed by atoms with van der Waals surface area (Å²) in [7, 11) is 0. The first-order valence-corrected chi connectivity index (χ1v) is 4.78. The molecular weight excluding hydrogens is 166 g/mol. The Balaban J connectivity index is 2.53. The largest absolute Gasteiger partial charge is 0.478 e. The van der Waals surface area contributed by atoms with Crippen molar-refractivity contribution in [2.45, 2.75) is 38.8 Å². The Morgan fingerprint density at radius 2 is 2.31 bits per heavy atom. The van der Waals surface area contributed by atoms with Gasteiger partial charge in [0, 0.05) is 18.2 Å². The summed E-state index contributed by atoms with van der Waals surface area (Å²) >= 11 is 0. The molecular formula is C10H17NO2. The SMILES string of the molecule is CC(C)N1CCCC1/C=C\C(=O)O. The summed E-state index contributed by atoms with van der Waals surface area (Å²) in [5.74, 6) is -0.851. The summed E-state index contributed by atoms with van der Waals surface area (Å²) in [5, 5.41) is 8.49. The van der Waals surface area contributed by atoms with Crippen molar-refractivity contribution in [1.29, 1.82) is 0 Å². The Morgan fingerprint density at radius 1 is 1.62 bits per heavy atom. The van der Waals surface area contributed by atoms with Crippen LogP contribution in [0.3, 0.4) is 0 Å². The van der Waals surface area contributed by atoms with Crippen molar-refractivity contribution < 1.29 is 9.90 Å². The number of aliphatic carboxylic acids is 1. The Labute approximate surface area is 79.0 Å². The van der Waals surface area contributed by atoms with Crippen LogP contribution in [0.4, 0.5) is 0 Å². The zero-order chi connectivity index (χ0) is 9.84. The van der Waals surface area contributed by atoms with Gasteiger partial charge < -0.3 is 5.11 Å². The Kier molecular flexibility index (Phi) is 3.48. The maximum atomic E-state index is 10.3. The summed E-state index contributed by atoms with van der Waals surface area (Å²) in [6.07, 6.45) is 5.31. The van der Waals surface area contributed by atoms with Gasteiger partial charge in [0.15, 0.2) is 0 Å². The molecule has 0 aromatic heterocycles. The molecule has 1 rings (SSSR count). The first kappa shape index (κ1) is 10.3. The Bertz CT molecular complexity index is 211. The molecule has 1 unspecified atom stereocenters. The first-order chi connectivity index (χ1) is 6.11. The highest BCUT2D eigenvalue weighted by atomic mass is 16.4.